The Hall–Kier alpha value is -3.57. The molecule has 9 nitrogen and oxygen atoms in total. The second kappa shape index (κ2) is 18.5. The fraction of sp³-hybridized carbons (Fsp3) is 0.444. The van der Waals surface area contributed by atoms with Crippen LogP contribution in [0.25, 0.3) is 0 Å². The van der Waals surface area contributed by atoms with Crippen LogP contribution in [0.2, 0.25) is 0 Å². The average molecular weight is 652 g/mol. The van der Waals surface area contributed by atoms with Crippen LogP contribution in [0.4, 0.5) is 4.79 Å². The molecular formula is C36H49N3O6S. The fourth-order valence-corrected chi connectivity index (χ4v) is 7.12. The van der Waals surface area contributed by atoms with E-state index in [1.165, 1.54) is 7.11 Å². The maximum Gasteiger partial charge on any atom is 0.407 e. The van der Waals surface area contributed by atoms with Gasteiger partial charge in [0.25, 0.3) is 0 Å². The topological polar surface area (TPSA) is 128 Å². The van der Waals surface area contributed by atoms with Crippen molar-refractivity contribution in [2.45, 2.75) is 94.5 Å². The van der Waals surface area contributed by atoms with Gasteiger partial charge in [-0.3, -0.25) is 4.79 Å². The van der Waals surface area contributed by atoms with Crippen LogP contribution in [-0.4, -0.2) is 68.6 Å². The number of ether oxygens (including phenoxy) is 1. The maximum atomic E-state index is 13.9. The molecule has 3 aromatic rings. The van der Waals surface area contributed by atoms with Gasteiger partial charge in [0, 0.05) is 24.0 Å². The Balaban J connectivity index is 1.74. The normalized spacial score (nSPS) is 14.8. The molecule has 0 saturated carbocycles. The van der Waals surface area contributed by atoms with E-state index in [2.05, 4.69) is 10.6 Å². The molecule has 0 aliphatic carbocycles. The van der Waals surface area contributed by atoms with Crippen molar-refractivity contribution >= 4 is 23.0 Å². The Morgan fingerprint density at radius 2 is 1.41 bits per heavy atom. The Kier molecular flexibility index (Phi) is 14.9. The molecule has 0 fully saturated rings. The summed E-state index contributed by atoms with van der Waals surface area (Å²) in [5.41, 5.74) is 2.50. The van der Waals surface area contributed by atoms with Gasteiger partial charge >= 0.3 is 6.09 Å². The standard InChI is InChI=1S/C36H49N3O6S/c1-6-30(18-13-19-31(24-40)39(25(2)3)46(44)32-22-20-27(21-23-32)26(4)41)37-35(42)34(38-36(43)45-5)33(28-14-9-7-10-15-28)29-16-11-8-12-17-29/h7-12,14-17,20-23,25-26,30-31,33-34,40-41H,6,13,18-19,24H2,1-5H3,(H,37,42)(H,38,43). The number of nitrogens with zero attached hydrogens (tertiary/aromatic N) is 1. The molecule has 3 rings (SSSR count). The number of hydrogen-bond donors (Lipinski definition) is 4. The molecule has 0 aliphatic heterocycles. The van der Waals surface area contributed by atoms with E-state index >= 15 is 0 Å². The Labute approximate surface area is 276 Å². The zero-order valence-electron chi connectivity index (χ0n) is 27.5. The SMILES string of the molecule is CCC(CCCC(CO)N(C(C)C)S(=O)c1ccc(C(C)O)cc1)NC(=O)C(NC(=O)OC)C(c1ccccc1)c1ccccc1. The molecule has 2 amide bonds. The number of hydrogen-bond acceptors (Lipinski definition) is 6. The van der Waals surface area contributed by atoms with E-state index in [0.717, 1.165) is 16.7 Å². The summed E-state index contributed by atoms with van der Waals surface area (Å²) in [6.07, 6.45) is 1.22. The second-order valence-electron chi connectivity index (χ2n) is 11.7. The van der Waals surface area contributed by atoms with E-state index in [4.69, 9.17) is 4.74 Å². The van der Waals surface area contributed by atoms with Gasteiger partial charge in [-0.05, 0) is 75.3 Å². The van der Waals surface area contributed by atoms with Crippen molar-refractivity contribution in [2.75, 3.05) is 13.7 Å². The van der Waals surface area contributed by atoms with Gasteiger partial charge in [-0.2, -0.15) is 0 Å². The monoisotopic (exact) mass is 651 g/mol. The third-order valence-electron chi connectivity index (χ3n) is 8.16. The Bertz CT molecular complexity index is 1330. The summed E-state index contributed by atoms with van der Waals surface area (Å²) >= 11 is 0. The minimum atomic E-state index is -1.51. The Morgan fingerprint density at radius 3 is 1.87 bits per heavy atom. The lowest BCUT2D eigenvalue weighted by atomic mass is 9.84. The van der Waals surface area contributed by atoms with Gasteiger partial charge in [0.2, 0.25) is 5.91 Å². The number of aliphatic hydroxyl groups is 2. The van der Waals surface area contributed by atoms with Gasteiger partial charge in [-0.1, -0.05) is 79.7 Å². The summed E-state index contributed by atoms with van der Waals surface area (Å²) in [7, 11) is -0.240. The summed E-state index contributed by atoms with van der Waals surface area (Å²) in [5.74, 6) is -0.777. The molecule has 5 unspecified atom stereocenters. The minimum absolute atomic E-state index is 0.103. The van der Waals surface area contributed by atoms with E-state index in [-0.39, 0.29) is 30.6 Å². The van der Waals surface area contributed by atoms with Crippen LogP contribution in [0.1, 0.15) is 82.1 Å². The molecule has 250 valence electrons. The van der Waals surface area contributed by atoms with Crippen LogP contribution >= 0.6 is 0 Å². The number of nitrogens with one attached hydrogen (secondary N) is 2. The zero-order valence-corrected chi connectivity index (χ0v) is 28.3. The van der Waals surface area contributed by atoms with Crippen LogP contribution < -0.4 is 10.6 Å². The van der Waals surface area contributed by atoms with Gasteiger partial charge in [0.05, 0.1) is 24.7 Å². The lowest BCUT2D eigenvalue weighted by Gasteiger charge is -2.33. The van der Waals surface area contributed by atoms with Crippen molar-refractivity contribution < 1.29 is 28.7 Å². The Morgan fingerprint density at radius 1 is 0.848 bits per heavy atom. The van der Waals surface area contributed by atoms with Crippen molar-refractivity contribution in [3.63, 3.8) is 0 Å². The van der Waals surface area contributed by atoms with E-state index in [1.807, 2.05) is 85.7 Å². The highest BCUT2D eigenvalue weighted by Crippen LogP contribution is 2.29. The third kappa shape index (κ3) is 10.2. The molecular weight excluding hydrogens is 602 g/mol. The largest absolute Gasteiger partial charge is 0.453 e. The summed E-state index contributed by atoms with van der Waals surface area (Å²) in [6.45, 7) is 7.41. The molecule has 4 N–H and O–H groups in total. The molecule has 0 aromatic heterocycles. The molecule has 5 atom stereocenters. The molecule has 46 heavy (non-hydrogen) atoms. The molecule has 0 bridgehead atoms. The van der Waals surface area contributed by atoms with Crippen LogP contribution in [0.15, 0.2) is 89.8 Å². The first-order chi connectivity index (χ1) is 22.1. The lowest BCUT2D eigenvalue weighted by molar-refractivity contribution is -0.124. The van der Waals surface area contributed by atoms with Crippen molar-refractivity contribution in [1.82, 2.24) is 14.9 Å². The average Bonchev–Trinajstić information content (AvgIpc) is 3.07. The number of amides is 2. The number of carbonyl (C=O) groups excluding carboxylic acids is 2. The van der Waals surface area contributed by atoms with Crippen molar-refractivity contribution in [2.24, 2.45) is 0 Å². The maximum absolute atomic E-state index is 13.9. The van der Waals surface area contributed by atoms with Crippen LogP contribution in [0.5, 0.6) is 0 Å². The number of rotatable bonds is 17. The van der Waals surface area contributed by atoms with Crippen LogP contribution in [0.3, 0.4) is 0 Å². The summed E-state index contributed by atoms with van der Waals surface area (Å²) in [5, 5.41) is 26.1. The lowest BCUT2D eigenvalue weighted by Crippen LogP contribution is -2.52. The quantitative estimate of drug-likeness (QED) is 0.154. The highest BCUT2D eigenvalue weighted by molar-refractivity contribution is 7.82. The molecule has 0 radical (unpaired) electrons. The molecule has 0 heterocycles. The number of carbonyl (C=O) groups is 2. The predicted molar refractivity (Wildman–Crippen MR) is 181 cm³/mol. The van der Waals surface area contributed by atoms with E-state index in [0.29, 0.717) is 30.6 Å². The van der Waals surface area contributed by atoms with Crippen LogP contribution in [0, 0.1) is 0 Å². The van der Waals surface area contributed by atoms with Gasteiger partial charge in [-0.15, -0.1) is 0 Å². The predicted octanol–water partition coefficient (Wildman–Crippen LogP) is 5.46. The summed E-state index contributed by atoms with van der Waals surface area (Å²) in [6, 6.07) is 24.6. The highest BCUT2D eigenvalue weighted by atomic mass is 32.2. The van der Waals surface area contributed by atoms with E-state index < -0.39 is 35.1 Å². The molecule has 0 spiro atoms. The fourth-order valence-electron chi connectivity index (χ4n) is 5.69. The van der Waals surface area contributed by atoms with Crippen molar-refractivity contribution in [1.29, 1.82) is 0 Å². The van der Waals surface area contributed by atoms with E-state index in [9.17, 15) is 24.0 Å². The minimum Gasteiger partial charge on any atom is -0.453 e. The molecule has 0 saturated heterocycles. The first-order valence-corrected chi connectivity index (χ1v) is 17.1. The van der Waals surface area contributed by atoms with Gasteiger partial charge in [-0.25, -0.2) is 13.3 Å². The van der Waals surface area contributed by atoms with Crippen molar-refractivity contribution in [3.05, 3.63) is 102 Å². The number of methoxy groups -OCH3 is 1. The van der Waals surface area contributed by atoms with Crippen LogP contribution in [-0.2, 0) is 20.5 Å². The van der Waals surface area contributed by atoms with Gasteiger partial charge in [0.1, 0.15) is 17.0 Å². The third-order valence-corrected chi connectivity index (χ3v) is 9.93. The van der Waals surface area contributed by atoms with Gasteiger partial charge in [0.15, 0.2) is 0 Å². The second-order valence-corrected chi connectivity index (χ2v) is 13.1. The van der Waals surface area contributed by atoms with E-state index in [1.54, 1.807) is 31.2 Å². The van der Waals surface area contributed by atoms with Gasteiger partial charge < -0.3 is 25.6 Å². The summed E-state index contributed by atoms with van der Waals surface area (Å²) in [4.78, 5) is 27.0. The molecule has 3 aromatic carbocycles. The number of benzene rings is 3. The smallest absolute Gasteiger partial charge is 0.407 e. The highest BCUT2D eigenvalue weighted by Gasteiger charge is 2.34. The molecule has 10 heteroatoms. The summed E-state index contributed by atoms with van der Waals surface area (Å²) < 4.78 is 20.3. The molecule has 0 aliphatic rings. The number of aliphatic hydroxyl groups excluding tert-OH is 2. The zero-order chi connectivity index (χ0) is 33.6. The van der Waals surface area contributed by atoms with Crippen molar-refractivity contribution in [3.8, 4) is 0 Å². The first-order valence-electron chi connectivity index (χ1n) is 15.9. The first kappa shape index (κ1) is 36.9. The number of alkyl carbamates (subject to hydrolysis) is 1.